The summed E-state index contributed by atoms with van der Waals surface area (Å²) in [4.78, 5) is 7.01. The second-order valence-electron chi connectivity index (χ2n) is 3.66. The molecule has 0 unspecified atom stereocenters. The van der Waals surface area contributed by atoms with Crippen LogP contribution in [0.4, 0.5) is 0 Å². The van der Waals surface area contributed by atoms with E-state index in [1.54, 1.807) is 0 Å². The standard InChI is InChI=1S/C9H12I3N3/c10-7-8(11)15(9(12)13-7)6-5-14-3-1-2-4-14/h1-6H2. The monoisotopic (exact) mass is 543 g/mol. The van der Waals surface area contributed by atoms with Gasteiger partial charge in [-0.25, -0.2) is 4.98 Å². The van der Waals surface area contributed by atoms with Crippen LogP contribution in [-0.2, 0) is 6.54 Å². The third-order valence-electron chi connectivity index (χ3n) is 2.66. The van der Waals surface area contributed by atoms with Crippen LogP contribution in [0.3, 0.4) is 0 Å². The van der Waals surface area contributed by atoms with Gasteiger partial charge < -0.3 is 9.47 Å². The van der Waals surface area contributed by atoms with E-state index < -0.39 is 0 Å². The summed E-state index contributed by atoms with van der Waals surface area (Å²) >= 11 is 7.00. The molecule has 2 rings (SSSR count). The third kappa shape index (κ3) is 3.18. The molecule has 0 radical (unpaired) electrons. The second-order valence-corrected chi connectivity index (χ2v) is 6.67. The number of rotatable bonds is 3. The first kappa shape index (κ1) is 12.8. The zero-order valence-corrected chi connectivity index (χ0v) is 14.7. The number of halogens is 3. The Morgan fingerprint density at radius 2 is 1.73 bits per heavy atom. The van der Waals surface area contributed by atoms with Gasteiger partial charge in [-0.1, -0.05) is 0 Å². The number of hydrogen-bond donors (Lipinski definition) is 0. The molecule has 84 valence electrons. The molecule has 0 saturated carbocycles. The summed E-state index contributed by atoms with van der Waals surface area (Å²) in [6.07, 6.45) is 2.74. The predicted octanol–water partition coefficient (Wildman–Crippen LogP) is 2.79. The Hall–Kier alpha value is 1.36. The van der Waals surface area contributed by atoms with Crippen molar-refractivity contribution >= 4 is 67.8 Å². The molecule has 3 nitrogen and oxygen atoms in total. The average Bonchev–Trinajstić information content (AvgIpc) is 2.76. The zero-order chi connectivity index (χ0) is 10.8. The van der Waals surface area contributed by atoms with Gasteiger partial charge >= 0.3 is 0 Å². The molecule has 0 bridgehead atoms. The normalized spacial score (nSPS) is 17.5. The highest BCUT2D eigenvalue weighted by atomic mass is 127. The fourth-order valence-electron chi connectivity index (χ4n) is 1.82. The number of hydrogen-bond acceptors (Lipinski definition) is 2. The summed E-state index contributed by atoms with van der Waals surface area (Å²) in [5.74, 6) is 0. The lowest BCUT2D eigenvalue weighted by Crippen LogP contribution is -2.24. The Morgan fingerprint density at radius 3 is 2.27 bits per heavy atom. The largest absolute Gasteiger partial charge is 0.313 e. The van der Waals surface area contributed by atoms with E-state index in [0.717, 1.165) is 14.1 Å². The molecule has 0 amide bonds. The maximum Gasteiger partial charge on any atom is 0.173 e. The van der Waals surface area contributed by atoms with Crippen LogP contribution in [0.1, 0.15) is 12.8 Å². The zero-order valence-electron chi connectivity index (χ0n) is 8.22. The molecule has 1 aliphatic rings. The summed E-state index contributed by atoms with van der Waals surface area (Å²) < 4.78 is 5.82. The Balaban J connectivity index is 1.97. The van der Waals surface area contributed by atoms with Gasteiger partial charge in [0.15, 0.2) is 3.83 Å². The van der Waals surface area contributed by atoms with Crippen molar-refractivity contribution in [3.63, 3.8) is 0 Å². The van der Waals surface area contributed by atoms with Crippen molar-refractivity contribution in [1.29, 1.82) is 0 Å². The topological polar surface area (TPSA) is 21.1 Å². The van der Waals surface area contributed by atoms with Crippen LogP contribution in [0.2, 0.25) is 0 Å². The summed E-state index contributed by atoms with van der Waals surface area (Å²) in [7, 11) is 0. The molecule has 2 heterocycles. The van der Waals surface area contributed by atoms with Gasteiger partial charge in [0.25, 0.3) is 0 Å². The first-order chi connectivity index (χ1) is 7.18. The fourth-order valence-corrected chi connectivity index (χ4v) is 4.57. The fraction of sp³-hybridized carbons (Fsp3) is 0.667. The lowest BCUT2D eigenvalue weighted by Gasteiger charge is -2.15. The summed E-state index contributed by atoms with van der Waals surface area (Å²) in [5.41, 5.74) is 0. The predicted molar refractivity (Wildman–Crippen MR) is 86.1 cm³/mol. The van der Waals surface area contributed by atoms with Crippen molar-refractivity contribution in [1.82, 2.24) is 14.5 Å². The molecule has 1 aromatic heterocycles. The number of aromatic nitrogens is 2. The van der Waals surface area contributed by atoms with E-state index in [4.69, 9.17) is 0 Å². The van der Waals surface area contributed by atoms with Gasteiger partial charge in [-0.15, -0.1) is 0 Å². The Morgan fingerprint density at radius 1 is 1.07 bits per heavy atom. The minimum Gasteiger partial charge on any atom is -0.313 e. The molecule has 1 aromatic rings. The molecule has 1 aliphatic heterocycles. The van der Waals surface area contributed by atoms with Crippen LogP contribution in [0.5, 0.6) is 0 Å². The summed E-state index contributed by atoms with van der Waals surface area (Å²) in [6.45, 7) is 4.79. The van der Waals surface area contributed by atoms with Gasteiger partial charge in [-0.2, -0.15) is 0 Å². The smallest absolute Gasteiger partial charge is 0.173 e. The minimum absolute atomic E-state index is 1.08. The molecule has 0 spiro atoms. The van der Waals surface area contributed by atoms with Crippen LogP contribution < -0.4 is 0 Å². The van der Waals surface area contributed by atoms with Crippen LogP contribution in [0, 0.1) is 11.2 Å². The van der Waals surface area contributed by atoms with Crippen molar-refractivity contribution in [2.45, 2.75) is 19.4 Å². The maximum absolute atomic E-state index is 4.47. The molecule has 6 heteroatoms. The number of imidazole rings is 1. The van der Waals surface area contributed by atoms with Crippen molar-refractivity contribution in [3.05, 3.63) is 11.2 Å². The van der Waals surface area contributed by atoms with Crippen LogP contribution >= 0.6 is 67.8 Å². The SMILES string of the molecule is Ic1nc(I)n(CCN2CCCC2)c1I. The van der Waals surface area contributed by atoms with E-state index >= 15 is 0 Å². The van der Waals surface area contributed by atoms with Crippen molar-refractivity contribution in [2.75, 3.05) is 19.6 Å². The molecule has 1 saturated heterocycles. The molecule has 0 aromatic carbocycles. The van der Waals surface area contributed by atoms with E-state index in [1.165, 1.54) is 36.2 Å². The van der Waals surface area contributed by atoms with Gasteiger partial charge in [-0.05, 0) is 93.7 Å². The lowest BCUT2D eigenvalue weighted by atomic mass is 10.4. The van der Waals surface area contributed by atoms with Gasteiger partial charge in [0.2, 0.25) is 0 Å². The molecular weight excluding hydrogens is 531 g/mol. The third-order valence-corrected chi connectivity index (χ3v) is 6.36. The van der Waals surface area contributed by atoms with Gasteiger partial charge in [0.1, 0.15) is 7.40 Å². The molecular formula is C9H12I3N3. The first-order valence-electron chi connectivity index (χ1n) is 4.98. The second kappa shape index (κ2) is 5.80. The highest BCUT2D eigenvalue weighted by molar-refractivity contribution is 14.1. The minimum atomic E-state index is 1.08. The van der Waals surface area contributed by atoms with E-state index in [0.29, 0.717) is 0 Å². The maximum atomic E-state index is 4.47. The van der Waals surface area contributed by atoms with E-state index in [9.17, 15) is 0 Å². The highest BCUT2D eigenvalue weighted by Crippen LogP contribution is 2.18. The van der Waals surface area contributed by atoms with Gasteiger partial charge in [0, 0.05) is 13.1 Å². The first-order valence-corrected chi connectivity index (χ1v) is 8.21. The molecule has 0 N–H and O–H groups in total. The Kier molecular flexibility index (Phi) is 4.96. The molecule has 0 atom stereocenters. The Bertz CT molecular complexity index is 345. The van der Waals surface area contributed by atoms with Gasteiger partial charge in [-0.3, -0.25) is 0 Å². The summed E-state index contributed by atoms with van der Waals surface area (Å²) in [5, 5.41) is 0. The lowest BCUT2D eigenvalue weighted by molar-refractivity contribution is 0.320. The Labute approximate surface area is 131 Å². The van der Waals surface area contributed by atoms with E-state index in [-0.39, 0.29) is 0 Å². The molecule has 0 aliphatic carbocycles. The van der Waals surface area contributed by atoms with Crippen LogP contribution in [0.15, 0.2) is 0 Å². The molecule has 1 fully saturated rings. The van der Waals surface area contributed by atoms with E-state index in [2.05, 4.69) is 82.2 Å². The summed E-state index contributed by atoms with van der Waals surface area (Å²) in [6, 6.07) is 0. The van der Waals surface area contributed by atoms with Crippen molar-refractivity contribution in [3.8, 4) is 0 Å². The van der Waals surface area contributed by atoms with Gasteiger partial charge in [0.05, 0.1) is 0 Å². The average molecular weight is 543 g/mol. The van der Waals surface area contributed by atoms with Crippen molar-refractivity contribution in [2.24, 2.45) is 0 Å². The molecule has 15 heavy (non-hydrogen) atoms. The number of nitrogens with zero attached hydrogens (tertiary/aromatic N) is 3. The quantitative estimate of drug-likeness (QED) is 0.548. The highest BCUT2D eigenvalue weighted by Gasteiger charge is 2.14. The van der Waals surface area contributed by atoms with E-state index in [1.807, 2.05) is 0 Å². The van der Waals surface area contributed by atoms with Crippen LogP contribution in [0.25, 0.3) is 0 Å². The van der Waals surface area contributed by atoms with Crippen LogP contribution in [-0.4, -0.2) is 34.1 Å². The van der Waals surface area contributed by atoms with Crippen molar-refractivity contribution < 1.29 is 0 Å². The number of likely N-dealkylation sites (tertiary alicyclic amines) is 1.